The van der Waals surface area contributed by atoms with Gasteiger partial charge < -0.3 is 15.7 Å². The van der Waals surface area contributed by atoms with E-state index in [2.05, 4.69) is 10.6 Å². The molecule has 6 heteroatoms. The minimum atomic E-state index is -0.941. The Morgan fingerprint density at radius 1 is 1.29 bits per heavy atom. The van der Waals surface area contributed by atoms with Crippen molar-refractivity contribution >= 4 is 23.6 Å². The van der Waals surface area contributed by atoms with Crippen LogP contribution in [0.25, 0.3) is 0 Å². The summed E-state index contributed by atoms with van der Waals surface area (Å²) in [7, 11) is 0. The molecule has 4 atom stereocenters. The molecule has 120 valence electrons. The number of hydrogen-bond acceptors (Lipinski definition) is 4. The lowest BCUT2D eigenvalue weighted by Crippen LogP contribution is -2.57. The second-order valence-electron chi connectivity index (χ2n) is 6.13. The van der Waals surface area contributed by atoms with Crippen LogP contribution in [0.1, 0.15) is 44.9 Å². The van der Waals surface area contributed by atoms with Crippen molar-refractivity contribution in [2.45, 2.75) is 63.1 Å². The predicted octanol–water partition coefficient (Wildman–Crippen LogP) is 1.62. The molecule has 0 aromatic carbocycles. The number of carbonyl (C=O) groups excluding carboxylic acids is 1. The standard InChI is InChI=1S/C15H26N2O3S/c1-21-9-8-13(15(19)20)17-14(18)12-7-6-10-4-2-3-5-11(10)16-12/h10-13,16H,2-9H2,1H3,(H,17,18)(H,19,20)/t10?,11?,12?,13-/m1/s1. The van der Waals surface area contributed by atoms with Gasteiger partial charge in [-0.15, -0.1) is 0 Å². The van der Waals surface area contributed by atoms with E-state index in [0.717, 1.165) is 25.0 Å². The van der Waals surface area contributed by atoms with Crippen LogP contribution in [-0.4, -0.2) is 47.1 Å². The molecule has 1 saturated heterocycles. The topological polar surface area (TPSA) is 78.4 Å². The fourth-order valence-electron chi connectivity index (χ4n) is 3.47. The number of carboxylic acid groups (broad SMARTS) is 1. The molecule has 1 heterocycles. The van der Waals surface area contributed by atoms with Gasteiger partial charge in [0.1, 0.15) is 6.04 Å². The third-order valence-electron chi connectivity index (χ3n) is 4.69. The van der Waals surface area contributed by atoms with Gasteiger partial charge in [0.25, 0.3) is 0 Å². The number of nitrogens with one attached hydrogen (secondary N) is 2. The van der Waals surface area contributed by atoms with Gasteiger partial charge in [-0.1, -0.05) is 12.8 Å². The number of fused-ring (bicyclic) bond motifs is 1. The van der Waals surface area contributed by atoms with Crippen LogP contribution in [0.2, 0.25) is 0 Å². The fraction of sp³-hybridized carbons (Fsp3) is 0.867. The maximum absolute atomic E-state index is 12.3. The highest BCUT2D eigenvalue weighted by Gasteiger charge is 2.35. The highest BCUT2D eigenvalue weighted by Crippen LogP contribution is 2.32. The highest BCUT2D eigenvalue weighted by molar-refractivity contribution is 7.98. The maximum Gasteiger partial charge on any atom is 0.326 e. The fourth-order valence-corrected chi connectivity index (χ4v) is 3.94. The third kappa shape index (κ3) is 4.61. The first-order valence-corrected chi connectivity index (χ1v) is 9.29. The first-order valence-electron chi connectivity index (χ1n) is 7.90. The SMILES string of the molecule is CSCC[C@@H](NC(=O)C1CCC2CCCCC2N1)C(=O)O. The van der Waals surface area contributed by atoms with Gasteiger partial charge in [-0.2, -0.15) is 11.8 Å². The quantitative estimate of drug-likeness (QED) is 0.694. The van der Waals surface area contributed by atoms with E-state index < -0.39 is 12.0 Å². The van der Waals surface area contributed by atoms with Gasteiger partial charge in [0.05, 0.1) is 6.04 Å². The van der Waals surface area contributed by atoms with Crippen molar-refractivity contribution in [3.05, 3.63) is 0 Å². The number of aliphatic carboxylic acids is 1. The van der Waals surface area contributed by atoms with Crippen molar-refractivity contribution < 1.29 is 14.7 Å². The summed E-state index contributed by atoms with van der Waals surface area (Å²) in [5.74, 6) is 0.353. The summed E-state index contributed by atoms with van der Waals surface area (Å²) in [6, 6.07) is -0.547. The summed E-state index contributed by atoms with van der Waals surface area (Å²) in [4.78, 5) is 23.5. The largest absolute Gasteiger partial charge is 0.480 e. The number of piperidine rings is 1. The predicted molar refractivity (Wildman–Crippen MR) is 84.5 cm³/mol. The summed E-state index contributed by atoms with van der Waals surface area (Å²) in [6.45, 7) is 0. The van der Waals surface area contributed by atoms with E-state index >= 15 is 0 Å². The number of thioether (sulfide) groups is 1. The normalized spacial score (nSPS) is 30.2. The van der Waals surface area contributed by atoms with Crippen molar-refractivity contribution in [3.63, 3.8) is 0 Å². The van der Waals surface area contributed by atoms with Crippen molar-refractivity contribution in [3.8, 4) is 0 Å². The summed E-state index contributed by atoms with van der Waals surface area (Å²) in [5.41, 5.74) is 0. The van der Waals surface area contributed by atoms with E-state index in [0.29, 0.717) is 18.4 Å². The minimum absolute atomic E-state index is 0.146. The summed E-state index contributed by atoms with van der Waals surface area (Å²) in [5, 5.41) is 15.3. The van der Waals surface area contributed by atoms with Crippen molar-refractivity contribution in [2.75, 3.05) is 12.0 Å². The zero-order chi connectivity index (χ0) is 15.2. The third-order valence-corrected chi connectivity index (χ3v) is 5.34. The zero-order valence-corrected chi connectivity index (χ0v) is 13.5. The first-order chi connectivity index (χ1) is 10.1. The molecular formula is C15H26N2O3S. The summed E-state index contributed by atoms with van der Waals surface area (Å²) >= 11 is 1.59. The van der Waals surface area contributed by atoms with Gasteiger partial charge in [0.2, 0.25) is 5.91 Å². The Hall–Kier alpha value is -0.750. The molecule has 5 nitrogen and oxygen atoms in total. The molecule has 1 aliphatic carbocycles. The maximum atomic E-state index is 12.3. The van der Waals surface area contributed by atoms with Crippen LogP contribution in [0, 0.1) is 5.92 Å². The smallest absolute Gasteiger partial charge is 0.326 e. The van der Waals surface area contributed by atoms with Crippen LogP contribution in [0.4, 0.5) is 0 Å². The van der Waals surface area contributed by atoms with Crippen LogP contribution in [-0.2, 0) is 9.59 Å². The Kier molecular flexibility index (Phi) is 6.36. The van der Waals surface area contributed by atoms with Crippen LogP contribution >= 0.6 is 11.8 Å². The lowest BCUT2D eigenvalue weighted by atomic mass is 9.77. The van der Waals surface area contributed by atoms with Gasteiger partial charge >= 0.3 is 5.97 Å². The van der Waals surface area contributed by atoms with E-state index in [9.17, 15) is 14.7 Å². The molecule has 1 amide bonds. The zero-order valence-electron chi connectivity index (χ0n) is 12.6. The minimum Gasteiger partial charge on any atom is -0.480 e. The molecule has 1 saturated carbocycles. The Balaban J connectivity index is 1.85. The van der Waals surface area contributed by atoms with Crippen molar-refractivity contribution in [2.24, 2.45) is 5.92 Å². The molecule has 2 rings (SSSR count). The molecule has 2 aliphatic rings. The van der Waals surface area contributed by atoms with E-state index in [4.69, 9.17) is 0 Å². The lowest BCUT2D eigenvalue weighted by Gasteiger charge is -2.40. The molecule has 3 N–H and O–H groups in total. The van der Waals surface area contributed by atoms with Crippen molar-refractivity contribution in [1.82, 2.24) is 10.6 Å². The Labute approximate surface area is 130 Å². The molecule has 0 radical (unpaired) electrons. The first kappa shape index (κ1) is 16.6. The Morgan fingerprint density at radius 3 is 2.76 bits per heavy atom. The van der Waals surface area contributed by atoms with E-state index in [1.165, 1.54) is 19.3 Å². The van der Waals surface area contributed by atoms with Gasteiger partial charge in [-0.05, 0) is 50.0 Å². The van der Waals surface area contributed by atoms with Gasteiger partial charge in [-0.3, -0.25) is 4.79 Å². The molecule has 0 bridgehead atoms. The van der Waals surface area contributed by atoms with Crippen LogP contribution < -0.4 is 10.6 Å². The lowest BCUT2D eigenvalue weighted by molar-refractivity contribution is -0.142. The van der Waals surface area contributed by atoms with Crippen LogP contribution in [0.5, 0.6) is 0 Å². The van der Waals surface area contributed by atoms with Gasteiger partial charge in [0.15, 0.2) is 0 Å². The van der Waals surface area contributed by atoms with Crippen molar-refractivity contribution in [1.29, 1.82) is 0 Å². The molecule has 0 aromatic rings. The number of carbonyl (C=O) groups is 2. The van der Waals surface area contributed by atoms with Crippen LogP contribution in [0.15, 0.2) is 0 Å². The molecule has 0 spiro atoms. The van der Waals surface area contributed by atoms with E-state index in [-0.39, 0.29) is 11.9 Å². The Bertz CT molecular complexity index is 378. The molecule has 2 fully saturated rings. The molecule has 0 aromatic heterocycles. The molecule has 1 aliphatic heterocycles. The monoisotopic (exact) mass is 314 g/mol. The average molecular weight is 314 g/mol. The number of rotatable bonds is 6. The van der Waals surface area contributed by atoms with Crippen LogP contribution in [0.3, 0.4) is 0 Å². The summed E-state index contributed by atoms with van der Waals surface area (Å²) in [6.07, 6.45) is 9.25. The van der Waals surface area contributed by atoms with Gasteiger partial charge in [-0.25, -0.2) is 4.79 Å². The highest BCUT2D eigenvalue weighted by atomic mass is 32.2. The van der Waals surface area contributed by atoms with E-state index in [1.807, 2.05) is 6.26 Å². The molecule has 3 unspecified atom stereocenters. The number of carboxylic acids is 1. The number of amides is 1. The number of hydrogen-bond donors (Lipinski definition) is 3. The summed E-state index contributed by atoms with van der Waals surface area (Å²) < 4.78 is 0. The van der Waals surface area contributed by atoms with E-state index in [1.54, 1.807) is 11.8 Å². The average Bonchev–Trinajstić information content (AvgIpc) is 2.50. The molecule has 21 heavy (non-hydrogen) atoms. The second kappa shape index (κ2) is 8.03. The Morgan fingerprint density at radius 2 is 2.05 bits per heavy atom. The molecular weight excluding hydrogens is 288 g/mol. The second-order valence-corrected chi connectivity index (χ2v) is 7.11. The van der Waals surface area contributed by atoms with Gasteiger partial charge in [0, 0.05) is 6.04 Å².